The number of aromatic nitrogens is 3. The summed E-state index contributed by atoms with van der Waals surface area (Å²) in [5.74, 6) is -0.853. The van der Waals surface area contributed by atoms with E-state index in [1.54, 1.807) is 6.07 Å². The molecule has 0 saturated carbocycles. The summed E-state index contributed by atoms with van der Waals surface area (Å²) >= 11 is 6.27. The number of carbonyl (C=O) groups is 2. The van der Waals surface area contributed by atoms with Gasteiger partial charge >= 0.3 is 0 Å². The standard InChI is InChI=1S/C20H23ClN6O5S/c1-4-18(29)26-5-6-27(33(3,31)32)19(16(26)10-28)12-7-14(25-17(21)8-12)13-9-15(20(30)22-2)24-11-23-13/h4,7-9,11,16,19,28H,1,5-6,10H2,2-3H3,(H,22,30)/t16-,19-/m0/s1. The van der Waals surface area contributed by atoms with Gasteiger partial charge in [0.2, 0.25) is 15.9 Å². The van der Waals surface area contributed by atoms with Gasteiger partial charge in [0.1, 0.15) is 17.2 Å². The summed E-state index contributed by atoms with van der Waals surface area (Å²) in [5, 5.41) is 12.6. The van der Waals surface area contributed by atoms with Crippen LogP contribution in [-0.4, -0.2) is 88.5 Å². The van der Waals surface area contributed by atoms with E-state index in [1.807, 2.05) is 0 Å². The monoisotopic (exact) mass is 494 g/mol. The molecule has 0 spiro atoms. The zero-order chi connectivity index (χ0) is 24.3. The molecule has 3 rings (SSSR count). The second-order valence-electron chi connectivity index (χ2n) is 7.28. The van der Waals surface area contributed by atoms with Crippen LogP contribution in [0.2, 0.25) is 5.15 Å². The lowest BCUT2D eigenvalue weighted by atomic mass is 9.95. The number of nitrogens with zero attached hydrogens (tertiary/aromatic N) is 5. The van der Waals surface area contributed by atoms with Gasteiger partial charge in [0, 0.05) is 20.1 Å². The van der Waals surface area contributed by atoms with Crippen LogP contribution in [0.1, 0.15) is 22.1 Å². The predicted molar refractivity (Wildman–Crippen MR) is 121 cm³/mol. The fraction of sp³-hybridized carbons (Fsp3) is 0.350. The van der Waals surface area contributed by atoms with Crippen LogP contribution in [0.25, 0.3) is 11.4 Å². The fourth-order valence-corrected chi connectivity index (χ4v) is 5.10. The highest BCUT2D eigenvalue weighted by Crippen LogP contribution is 2.35. The van der Waals surface area contributed by atoms with Crippen molar-refractivity contribution in [1.82, 2.24) is 29.5 Å². The molecule has 1 saturated heterocycles. The summed E-state index contributed by atoms with van der Waals surface area (Å²) in [7, 11) is -2.25. The van der Waals surface area contributed by atoms with Gasteiger partial charge in [-0.1, -0.05) is 18.2 Å². The Balaban J connectivity index is 2.15. The van der Waals surface area contributed by atoms with E-state index in [2.05, 4.69) is 26.8 Å². The molecular weight excluding hydrogens is 472 g/mol. The molecule has 3 heterocycles. The highest BCUT2D eigenvalue weighted by Gasteiger charge is 2.42. The van der Waals surface area contributed by atoms with E-state index < -0.39 is 40.5 Å². The molecule has 1 aliphatic rings. The average molecular weight is 495 g/mol. The number of aliphatic hydroxyl groups excluding tert-OH is 1. The number of aliphatic hydroxyl groups is 1. The molecule has 2 aromatic heterocycles. The van der Waals surface area contributed by atoms with Crippen LogP contribution in [-0.2, 0) is 14.8 Å². The lowest BCUT2D eigenvalue weighted by Gasteiger charge is -2.45. The van der Waals surface area contributed by atoms with Gasteiger partial charge < -0.3 is 15.3 Å². The molecule has 2 aromatic rings. The van der Waals surface area contributed by atoms with Gasteiger partial charge in [0.15, 0.2) is 0 Å². The Morgan fingerprint density at radius 3 is 2.61 bits per heavy atom. The molecule has 2 atom stereocenters. The molecule has 2 N–H and O–H groups in total. The maximum absolute atomic E-state index is 12.6. The number of sulfonamides is 1. The number of halogens is 1. The molecule has 0 aliphatic carbocycles. The van der Waals surface area contributed by atoms with Crippen molar-refractivity contribution in [3.8, 4) is 11.4 Å². The minimum Gasteiger partial charge on any atom is -0.394 e. The third kappa shape index (κ3) is 5.19. The lowest BCUT2D eigenvalue weighted by molar-refractivity contribution is -0.133. The molecule has 0 radical (unpaired) electrons. The molecule has 11 nitrogen and oxygen atoms in total. The average Bonchev–Trinajstić information content (AvgIpc) is 2.81. The molecule has 0 aromatic carbocycles. The minimum atomic E-state index is -3.72. The van der Waals surface area contributed by atoms with Crippen molar-refractivity contribution in [3.05, 3.63) is 53.6 Å². The first-order valence-electron chi connectivity index (χ1n) is 9.83. The number of pyridine rings is 1. The number of hydrogen-bond acceptors (Lipinski definition) is 8. The highest BCUT2D eigenvalue weighted by molar-refractivity contribution is 7.88. The van der Waals surface area contributed by atoms with Crippen molar-refractivity contribution in [2.75, 3.05) is 33.0 Å². The zero-order valence-corrected chi connectivity index (χ0v) is 19.5. The van der Waals surface area contributed by atoms with Crippen LogP contribution in [0.15, 0.2) is 37.2 Å². The van der Waals surface area contributed by atoms with Crippen molar-refractivity contribution >= 4 is 33.4 Å². The van der Waals surface area contributed by atoms with E-state index in [0.29, 0.717) is 5.56 Å². The highest BCUT2D eigenvalue weighted by atomic mass is 35.5. The Kier molecular flexibility index (Phi) is 7.42. The summed E-state index contributed by atoms with van der Waals surface area (Å²) < 4.78 is 26.4. The van der Waals surface area contributed by atoms with E-state index in [1.165, 1.54) is 34.7 Å². The van der Waals surface area contributed by atoms with Crippen LogP contribution < -0.4 is 5.32 Å². The number of amides is 2. The zero-order valence-electron chi connectivity index (χ0n) is 18.0. The number of hydrogen-bond donors (Lipinski definition) is 2. The topological polar surface area (TPSA) is 146 Å². The summed E-state index contributed by atoms with van der Waals surface area (Å²) in [6.45, 7) is 3.09. The van der Waals surface area contributed by atoms with Gasteiger partial charge in [-0.2, -0.15) is 4.31 Å². The molecular formula is C20H23ClN6O5S. The maximum atomic E-state index is 12.6. The van der Waals surface area contributed by atoms with Crippen LogP contribution >= 0.6 is 11.6 Å². The van der Waals surface area contributed by atoms with E-state index in [0.717, 1.165) is 12.3 Å². The van der Waals surface area contributed by atoms with Crippen molar-refractivity contribution in [2.45, 2.75) is 12.1 Å². The SMILES string of the molecule is C=CC(=O)N1CCN(S(C)(=O)=O)[C@@H](c2cc(Cl)nc(-c3cc(C(=O)NC)ncn3)c2)[C@@H]1CO. The molecule has 13 heteroatoms. The molecule has 1 aliphatic heterocycles. The van der Waals surface area contributed by atoms with Crippen LogP contribution in [0.4, 0.5) is 0 Å². The summed E-state index contributed by atoms with van der Waals surface area (Å²) in [6.07, 6.45) is 3.37. The van der Waals surface area contributed by atoms with E-state index in [4.69, 9.17) is 11.6 Å². The van der Waals surface area contributed by atoms with Crippen molar-refractivity contribution in [1.29, 1.82) is 0 Å². The third-order valence-corrected chi connectivity index (χ3v) is 6.71. The number of carbonyl (C=O) groups excluding carboxylic acids is 2. The van der Waals surface area contributed by atoms with Gasteiger partial charge in [-0.05, 0) is 29.8 Å². The van der Waals surface area contributed by atoms with Crippen molar-refractivity contribution < 1.29 is 23.1 Å². The third-order valence-electron chi connectivity index (χ3n) is 5.25. The summed E-state index contributed by atoms with van der Waals surface area (Å²) in [6, 6.07) is 2.63. The largest absolute Gasteiger partial charge is 0.394 e. The second kappa shape index (κ2) is 9.91. The van der Waals surface area contributed by atoms with Gasteiger partial charge in [0.05, 0.1) is 36.3 Å². The Morgan fingerprint density at radius 2 is 2.00 bits per heavy atom. The first-order valence-corrected chi connectivity index (χ1v) is 12.1. The van der Waals surface area contributed by atoms with Gasteiger partial charge in [-0.25, -0.2) is 23.4 Å². The van der Waals surface area contributed by atoms with E-state index >= 15 is 0 Å². The molecule has 0 bridgehead atoms. The Morgan fingerprint density at radius 1 is 1.27 bits per heavy atom. The Labute approximate surface area is 196 Å². The number of piperazine rings is 1. The smallest absolute Gasteiger partial charge is 0.269 e. The second-order valence-corrected chi connectivity index (χ2v) is 9.60. The van der Waals surface area contributed by atoms with Crippen molar-refractivity contribution in [3.63, 3.8) is 0 Å². The van der Waals surface area contributed by atoms with Crippen LogP contribution in [0, 0.1) is 0 Å². The maximum Gasteiger partial charge on any atom is 0.269 e. The number of nitrogens with one attached hydrogen (secondary N) is 1. The van der Waals surface area contributed by atoms with Gasteiger partial charge in [-0.15, -0.1) is 0 Å². The molecule has 1 fully saturated rings. The molecule has 0 unspecified atom stereocenters. The Bertz CT molecular complexity index is 1190. The Hall–Kier alpha value is -2.93. The van der Waals surface area contributed by atoms with Crippen LogP contribution in [0.5, 0.6) is 0 Å². The van der Waals surface area contributed by atoms with Gasteiger partial charge in [-0.3, -0.25) is 9.59 Å². The first kappa shape index (κ1) is 24.7. The summed E-state index contributed by atoms with van der Waals surface area (Å²) in [4.78, 5) is 38.0. The van der Waals surface area contributed by atoms with Crippen LogP contribution in [0.3, 0.4) is 0 Å². The minimum absolute atomic E-state index is 0.0170. The molecule has 2 amide bonds. The molecule has 176 valence electrons. The fourth-order valence-electron chi connectivity index (χ4n) is 3.79. The van der Waals surface area contributed by atoms with E-state index in [9.17, 15) is 23.1 Å². The number of rotatable bonds is 6. The first-order chi connectivity index (χ1) is 15.6. The lowest BCUT2D eigenvalue weighted by Crippen LogP contribution is -2.58. The normalized spacial score (nSPS) is 19.2. The van der Waals surface area contributed by atoms with E-state index in [-0.39, 0.29) is 35.3 Å². The molecule has 33 heavy (non-hydrogen) atoms. The summed E-state index contributed by atoms with van der Waals surface area (Å²) in [5.41, 5.74) is 1.06. The van der Waals surface area contributed by atoms with Crippen molar-refractivity contribution in [2.24, 2.45) is 0 Å². The van der Waals surface area contributed by atoms with Gasteiger partial charge in [0.25, 0.3) is 5.91 Å². The predicted octanol–water partition coefficient (Wildman–Crippen LogP) is 0.243. The quantitative estimate of drug-likeness (QED) is 0.429.